The zero-order valence-electron chi connectivity index (χ0n) is 4.74. The molecule has 0 aromatic heterocycles. The van der Waals surface area contributed by atoms with E-state index in [2.05, 4.69) is 5.43 Å². The van der Waals surface area contributed by atoms with E-state index in [0.717, 1.165) is 6.08 Å². The molecule has 6 heteroatoms. The van der Waals surface area contributed by atoms with Crippen LogP contribution in [0.25, 0.3) is 0 Å². The van der Waals surface area contributed by atoms with Crippen molar-refractivity contribution in [2.75, 3.05) is 6.54 Å². The third-order valence-electron chi connectivity index (χ3n) is 1.03. The molecule has 1 aliphatic rings. The average Bonchev–Trinajstić information content (AvgIpc) is 2.11. The van der Waals surface area contributed by atoms with Gasteiger partial charge in [0.1, 0.15) is 5.70 Å². The summed E-state index contributed by atoms with van der Waals surface area (Å²) in [6.07, 6.45) is -3.38. The molecule has 0 fully saturated rings. The fourth-order valence-electron chi connectivity index (χ4n) is 0.615. The molecule has 0 bridgehead atoms. The lowest BCUT2D eigenvalue weighted by Crippen LogP contribution is -2.28. The zero-order chi connectivity index (χ0) is 7.78. The second-order valence-electron chi connectivity index (χ2n) is 1.73. The molecule has 0 radical (unpaired) electrons. The van der Waals surface area contributed by atoms with Crippen LogP contribution < -0.4 is 5.43 Å². The van der Waals surface area contributed by atoms with Gasteiger partial charge in [0.25, 0.3) is 0 Å². The molecule has 0 atom stereocenters. The van der Waals surface area contributed by atoms with E-state index in [9.17, 15) is 13.2 Å². The number of hydrogen-bond donors (Lipinski definition) is 1. The number of allylic oxidation sites excluding steroid dienone is 1. The minimum atomic E-state index is -4.36. The molecule has 1 N–H and O–H groups in total. The summed E-state index contributed by atoms with van der Waals surface area (Å²) in [5.74, 6) is 0. The topological polar surface area (TPSA) is 15.3 Å². The van der Waals surface area contributed by atoms with E-state index in [0.29, 0.717) is 4.53 Å². The first-order valence-corrected chi connectivity index (χ1v) is 2.82. The summed E-state index contributed by atoms with van der Waals surface area (Å²) in [5, 5.41) is 0. The monoisotopic (exact) mass is 172 g/mol. The van der Waals surface area contributed by atoms with E-state index in [1.54, 1.807) is 0 Å². The SMILES string of the molecule is FC(F)(F)C1=CCNN1Cl. The minimum absolute atomic E-state index is 0.123. The third kappa shape index (κ3) is 1.35. The Labute approximate surface area is 60.3 Å². The Morgan fingerprint density at radius 3 is 2.40 bits per heavy atom. The van der Waals surface area contributed by atoms with Crippen molar-refractivity contribution in [2.24, 2.45) is 0 Å². The number of rotatable bonds is 0. The van der Waals surface area contributed by atoms with Crippen molar-refractivity contribution in [1.82, 2.24) is 9.95 Å². The molecule has 2 nitrogen and oxygen atoms in total. The van der Waals surface area contributed by atoms with Crippen molar-refractivity contribution in [3.63, 3.8) is 0 Å². The molecule has 0 aromatic rings. The van der Waals surface area contributed by atoms with Crippen LogP contribution in [0, 0.1) is 0 Å². The minimum Gasteiger partial charge on any atom is -0.215 e. The van der Waals surface area contributed by atoms with Crippen LogP contribution in [0.5, 0.6) is 0 Å². The van der Waals surface area contributed by atoms with E-state index in [1.807, 2.05) is 0 Å². The van der Waals surface area contributed by atoms with Crippen molar-refractivity contribution in [3.8, 4) is 0 Å². The summed E-state index contributed by atoms with van der Waals surface area (Å²) in [4.78, 5) is 0. The molecule has 0 unspecified atom stereocenters. The van der Waals surface area contributed by atoms with E-state index in [1.165, 1.54) is 0 Å². The quantitative estimate of drug-likeness (QED) is 0.556. The van der Waals surface area contributed by atoms with E-state index < -0.39 is 11.9 Å². The smallest absolute Gasteiger partial charge is 0.215 e. The van der Waals surface area contributed by atoms with Crippen LogP contribution in [0.2, 0.25) is 0 Å². The van der Waals surface area contributed by atoms with Crippen LogP contribution in [0.1, 0.15) is 0 Å². The largest absolute Gasteiger partial charge is 0.433 e. The van der Waals surface area contributed by atoms with Gasteiger partial charge in [-0.1, -0.05) is 0 Å². The molecule has 0 saturated carbocycles. The number of nitrogens with zero attached hydrogens (tertiary/aromatic N) is 1. The van der Waals surface area contributed by atoms with Gasteiger partial charge in [-0.3, -0.25) is 0 Å². The molecule has 0 spiro atoms. The average molecular weight is 173 g/mol. The fraction of sp³-hybridized carbons (Fsp3) is 0.500. The number of alkyl halides is 3. The van der Waals surface area contributed by atoms with E-state index >= 15 is 0 Å². The number of hydrogen-bond acceptors (Lipinski definition) is 2. The van der Waals surface area contributed by atoms with Gasteiger partial charge in [-0.2, -0.15) is 13.2 Å². The summed E-state index contributed by atoms with van der Waals surface area (Å²) < 4.78 is 35.8. The van der Waals surface area contributed by atoms with Crippen molar-refractivity contribution in [3.05, 3.63) is 11.8 Å². The predicted molar refractivity (Wildman–Crippen MR) is 29.8 cm³/mol. The Bertz CT molecular complexity index is 164. The highest BCUT2D eigenvalue weighted by atomic mass is 35.5. The standard InChI is InChI=1S/C4H4ClF3N2/c5-10-3(1-2-9-10)4(6,7)8/h1,9H,2H2. The van der Waals surface area contributed by atoms with Crippen molar-refractivity contribution < 1.29 is 13.2 Å². The first-order valence-electron chi connectivity index (χ1n) is 2.48. The Balaban J connectivity index is 2.72. The van der Waals surface area contributed by atoms with Gasteiger partial charge in [0.2, 0.25) is 0 Å². The molecule has 1 heterocycles. The predicted octanol–water partition coefficient (Wildman–Crippen LogP) is 1.41. The van der Waals surface area contributed by atoms with Crippen LogP contribution >= 0.6 is 11.8 Å². The molecular weight excluding hydrogens is 169 g/mol. The highest BCUT2D eigenvalue weighted by Gasteiger charge is 2.39. The van der Waals surface area contributed by atoms with Crippen LogP contribution in [0.3, 0.4) is 0 Å². The fourth-order valence-corrected chi connectivity index (χ4v) is 0.849. The summed E-state index contributed by atoms with van der Waals surface area (Å²) in [6.45, 7) is 0.123. The van der Waals surface area contributed by atoms with E-state index in [4.69, 9.17) is 11.8 Å². The van der Waals surface area contributed by atoms with Crippen molar-refractivity contribution in [2.45, 2.75) is 6.18 Å². The maximum absolute atomic E-state index is 11.8. The lowest BCUT2D eigenvalue weighted by molar-refractivity contribution is -0.105. The Morgan fingerprint density at radius 1 is 1.60 bits per heavy atom. The maximum Gasteiger partial charge on any atom is 0.433 e. The van der Waals surface area contributed by atoms with Gasteiger partial charge in [-0.15, -0.1) is 0 Å². The van der Waals surface area contributed by atoms with Gasteiger partial charge >= 0.3 is 6.18 Å². The van der Waals surface area contributed by atoms with Gasteiger partial charge in [0.05, 0.1) is 0 Å². The summed E-state index contributed by atoms with van der Waals surface area (Å²) >= 11 is 5.10. The molecular formula is C4H4ClF3N2. The first-order chi connectivity index (χ1) is 4.52. The molecule has 10 heavy (non-hydrogen) atoms. The Morgan fingerprint density at radius 2 is 2.20 bits per heavy atom. The normalized spacial score (nSPS) is 19.6. The zero-order valence-corrected chi connectivity index (χ0v) is 5.50. The number of halogens is 4. The van der Waals surface area contributed by atoms with Crippen molar-refractivity contribution in [1.29, 1.82) is 0 Å². The van der Waals surface area contributed by atoms with Gasteiger partial charge in [0.15, 0.2) is 0 Å². The summed E-state index contributed by atoms with van der Waals surface area (Å²) in [7, 11) is 0. The number of nitrogens with one attached hydrogen (secondary N) is 1. The van der Waals surface area contributed by atoms with Crippen LogP contribution in [0.15, 0.2) is 11.8 Å². The lowest BCUT2D eigenvalue weighted by atomic mass is 10.4. The Kier molecular flexibility index (Phi) is 1.78. The van der Waals surface area contributed by atoms with Gasteiger partial charge in [-0.25, -0.2) is 9.95 Å². The first kappa shape index (κ1) is 7.68. The number of hydrazine groups is 1. The molecule has 0 aliphatic carbocycles. The van der Waals surface area contributed by atoms with Crippen LogP contribution in [-0.4, -0.2) is 17.2 Å². The molecule has 58 valence electrons. The summed E-state index contributed by atoms with van der Waals surface area (Å²) in [6, 6.07) is 0. The highest BCUT2D eigenvalue weighted by Crippen LogP contribution is 2.30. The highest BCUT2D eigenvalue weighted by molar-refractivity contribution is 6.14. The molecule has 0 saturated heterocycles. The van der Waals surface area contributed by atoms with Gasteiger partial charge < -0.3 is 0 Å². The third-order valence-corrected chi connectivity index (χ3v) is 1.33. The molecule has 0 amide bonds. The Hall–Kier alpha value is -0.420. The second kappa shape index (κ2) is 2.32. The van der Waals surface area contributed by atoms with Crippen molar-refractivity contribution >= 4 is 11.8 Å². The molecule has 1 rings (SSSR count). The lowest BCUT2D eigenvalue weighted by Gasteiger charge is -2.14. The van der Waals surface area contributed by atoms with Crippen LogP contribution in [0.4, 0.5) is 13.2 Å². The van der Waals surface area contributed by atoms with Gasteiger partial charge in [-0.05, 0) is 6.08 Å². The second-order valence-corrected chi connectivity index (χ2v) is 2.07. The molecule has 1 aliphatic heterocycles. The van der Waals surface area contributed by atoms with Gasteiger partial charge in [0, 0.05) is 18.3 Å². The van der Waals surface area contributed by atoms with Crippen LogP contribution in [-0.2, 0) is 0 Å². The maximum atomic E-state index is 11.8. The molecule has 0 aromatic carbocycles. The summed E-state index contributed by atoms with van der Waals surface area (Å²) in [5.41, 5.74) is 1.41. The van der Waals surface area contributed by atoms with E-state index in [-0.39, 0.29) is 6.54 Å².